The van der Waals surface area contributed by atoms with Crippen molar-refractivity contribution in [2.75, 3.05) is 30.1 Å². The second kappa shape index (κ2) is 8.83. The van der Waals surface area contributed by atoms with Gasteiger partial charge in [0, 0.05) is 28.1 Å². The van der Waals surface area contributed by atoms with Crippen LogP contribution in [-0.2, 0) is 9.53 Å². The van der Waals surface area contributed by atoms with Crippen LogP contribution in [0.2, 0.25) is 5.02 Å². The molecule has 3 rings (SSSR count). The molecule has 0 fully saturated rings. The first-order valence-corrected chi connectivity index (χ1v) is 9.50. The van der Waals surface area contributed by atoms with Crippen LogP contribution >= 0.6 is 23.4 Å². The summed E-state index contributed by atoms with van der Waals surface area (Å²) < 4.78 is 10.4. The van der Waals surface area contributed by atoms with Gasteiger partial charge in [-0.1, -0.05) is 11.6 Å². The Morgan fingerprint density at radius 2 is 1.78 bits per heavy atom. The van der Waals surface area contributed by atoms with E-state index in [0.717, 1.165) is 5.75 Å². The second-order valence-corrected chi connectivity index (χ2v) is 6.92. The van der Waals surface area contributed by atoms with Gasteiger partial charge < -0.3 is 20.1 Å². The maximum atomic E-state index is 12.4. The topological polar surface area (TPSA) is 76.7 Å². The van der Waals surface area contributed by atoms with Gasteiger partial charge in [-0.25, -0.2) is 0 Å². The van der Waals surface area contributed by atoms with Gasteiger partial charge in [0.2, 0.25) is 0 Å². The number of ether oxygens (including phenoxy) is 2. The number of anilines is 2. The van der Waals surface area contributed by atoms with E-state index in [4.69, 9.17) is 21.1 Å². The molecule has 27 heavy (non-hydrogen) atoms. The molecule has 2 amide bonds. The van der Waals surface area contributed by atoms with Crippen LogP contribution in [0.5, 0.6) is 5.75 Å². The fraction of sp³-hybridized carbons (Fsp3) is 0.158. The van der Waals surface area contributed by atoms with Gasteiger partial charge in [-0.15, -0.1) is 11.8 Å². The molecule has 0 radical (unpaired) electrons. The number of hydrogen-bond acceptors (Lipinski definition) is 5. The van der Waals surface area contributed by atoms with Crippen molar-refractivity contribution in [2.45, 2.75) is 0 Å². The third-order valence-corrected chi connectivity index (χ3v) is 4.77. The van der Waals surface area contributed by atoms with Gasteiger partial charge in [0.25, 0.3) is 11.8 Å². The molecule has 1 heterocycles. The second-order valence-electron chi connectivity index (χ2n) is 5.54. The molecule has 0 bridgehead atoms. The number of hydrogen-bond donors (Lipinski definition) is 2. The fourth-order valence-corrected chi connectivity index (χ4v) is 3.21. The molecule has 1 aliphatic heterocycles. The highest BCUT2D eigenvalue weighted by atomic mass is 35.5. The molecular formula is C19H17ClN2O4S. The van der Waals surface area contributed by atoms with Crippen molar-refractivity contribution < 1.29 is 19.1 Å². The quantitative estimate of drug-likeness (QED) is 0.783. The Kier molecular flexibility index (Phi) is 6.26. The highest BCUT2D eigenvalue weighted by Crippen LogP contribution is 2.27. The third kappa shape index (κ3) is 4.96. The van der Waals surface area contributed by atoms with Crippen molar-refractivity contribution in [2.24, 2.45) is 0 Å². The minimum absolute atomic E-state index is 0.288. The van der Waals surface area contributed by atoms with E-state index in [9.17, 15) is 9.59 Å². The molecule has 0 atom stereocenters. The molecule has 2 aromatic carbocycles. The summed E-state index contributed by atoms with van der Waals surface area (Å²) in [6, 6.07) is 11.6. The monoisotopic (exact) mass is 404 g/mol. The molecule has 0 saturated carbocycles. The van der Waals surface area contributed by atoms with Crippen LogP contribution in [0.1, 0.15) is 10.4 Å². The molecule has 0 spiro atoms. The Morgan fingerprint density at radius 3 is 2.41 bits per heavy atom. The molecule has 0 aliphatic carbocycles. The molecule has 2 N–H and O–H groups in total. The average molecular weight is 405 g/mol. The van der Waals surface area contributed by atoms with Crippen molar-refractivity contribution in [3.8, 4) is 5.75 Å². The lowest BCUT2D eigenvalue weighted by Crippen LogP contribution is -2.19. The SMILES string of the molecule is COc1ccc(NC(=O)c2ccc(NC(=O)C3=CSCCO3)cc2)cc1Cl. The molecular weight excluding hydrogens is 388 g/mol. The Labute approximate surface area is 165 Å². The minimum atomic E-state index is -0.313. The smallest absolute Gasteiger partial charge is 0.291 e. The molecule has 6 nitrogen and oxygen atoms in total. The number of benzene rings is 2. The maximum Gasteiger partial charge on any atom is 0.291 e. The molecule has 0 saturated heterocycles. The van der Waals surface area contributed by atoms with E-state index in [-0.39, 0.29) is 11.8 Å². The number of nitrogens with one attached hydrogen (secondary N) is 2. The van der Waals surface area contributed by atoms with Crippen molar-refractivity contribution >= 4 is 46.6 Å². The fourth-order valence-electron chi connectivity index (χ4n) is 2.33. The van der Waals surface area contributed by atoms with Gasteiger partial charge in [-0.3, -0.25) is 9.59 Å². The highest BCUT2D eigenvalue weighted by molar-refractivity contribution is 8.02. The summed E-state index contributed by atoms with van der Waals surface area (Å²) in [5.41, 5.74) is 1.58. The van der Waals surface area contributed by atoms with Crippen molar-refractivity contribution in [1.29, 1.82) is 0 Å². The molecule has 0 aromatic heterocycles. The van der Waals surface area contributed by atoms with Crippen molar-refractivity contribution in [1.82, 2.24) is 0 Å². The number of methoxy groups -OCH3 is 1. The Hall–Kier alpha value is -2.64. The van der Waals surface area contributed by atoms with E-state index in [1.54, 1.807) is 47.9 Å². The van der Waals surface area contributed by atoms with Gasteiger partial charge in [-0.05, 0) is 42.5 Å². The van der Waals surface area contributed by atoms with E-state index in [1.807, 2.05) is 0 Å². The summed E-state index contributed by atoms with van der Waals surface area (Å²) in [6.45, 7) is 0.512. The number of carbonyl (C=O) groups excluding carboxylic acids is 2. The molecule has 8 heteroatoms. The number of amides is 2. The maximum absolute atomic E-state index is 12.4. The first-order chi connectivity index (χ1) is 13.1. The number of thioether (sulfide) groups is 1. The largest absolute Gasteiger partial charge is 0.495 e. The summed E-state index contributed by atoms with van der Waals surface area (Å²) >= 11 is 7.59. The summed E-state index contributed by atoms with van der Waals surface area (Å²) in [5.74, 6) is 1.06. The van der Waals surface area contributed by atoms with Crippen LogP contribution in [0.4, 0.5) is 11.4 Å². The number of rotatable bonds is 5. The van der Waals surface area contributed by atoms with Gasteiger partial charge in [0.1, 0.15) is 5.75 Å². The first-order valence-electron chi connectivity index (χ1n) is 8.07. The third-order valence-electron chi connectivity index (χ3n) is 3.69. The van der Waals surface area contributed by atoms with Crippen molar-refractivity contribution in [3.63, 3.8) is 0 Å². The van der Waals surface area contributed by atoms with E-state index in [1.165, 1.54) is 18.9 Å². The predicted molar refractivity (Wildman–Crippen MR) is 108 cm³/mol. The summed E-state index contributed by atoms with van der Waals surface area (Å²) in [4.78, 5) is 24.4. The van der Waals surface area contributed by atoms with Crippen LogP contribution in [0.15, 0.2) is 53.6 Å². The normalized spacial score (nSPS) is 13.2. The zero-order chi connectivity index (χ0) is 19.2. The standard InChI is InChI=1S/C19H17ClN2O4S/c1-25-16-7-6-14(10-15(16)20)22-18(23)12-2-4-13(5-3-12)21-19(24)17-11-27-9-8-26-17/h2-7,10-11H,8-9H2,1H3,(H,21,24)(H,22,23). The highest BCUT2D eigenvalue weighted by Gasteiger charge is 2.15. The average Bonchev–Trinajstić information content (AvgIpc) is 2.69. The molecule has 0 unspecified atom stereocenters. The van der Waals surface area contributed by atoms with E-state index >= 15 is 0 Å². The summed E-state index contributed by atoms with van der Waals surface area (Å²) in [7, 11) is 1.52. The van der Waals surface area contributed by atoms with Crippen molar-refractivity contribution in [3.05, 3.63) is 64.2 Å². The number of carbonyl (C=O) groups is 2. The number of halogens is 1. The zero-order valence-electron chi connectivity index (χ0n) is 14.5. The van der Waals surface area contributed by atoms with Crippen LogP contribution in [0, 0.1) is 0 Å². The van der Waals surface area contributed by atoms with Gasteiger partial charge in [-0.2, -0.15) is 0 Å². The summed E-state index contributed by atoms with van der Waals surface area (Å²) in [5, 5.41) is 7.61. The lowest BCUT2D eigenvalue weighted by Gasteiger charge is -2.14. The molecule has 1 aliphatic rings. The first kappa shape index (κ1) is 19.1. The van der Waals surface area contributed by atoms with Crippen LogP contribution < -0.4 is 15.4 Å². The van der Waals surface area contributed by atoms with Gasteiger partial charge in [0.05, 0.1) is 18.7 Å². The zero-order valence-corrected chi connectivity index (χ0v) is 16.0. The van der Waals surface area contributed by atoms with Gasteiger partial charge in [0.15, 0.2) is 5.76 Å². The minimum Gasteiger partial charge on any atom is -0.495 e. The molecule has 140 valence electrons. The lowest BCUT2D eigenvalue weighted by molar-refractivity contribution is -0.116. The van der Waals surface area contributed by atoms with Gasteiger partial charge >= 0.3 is 0 Å². The van der Waals surface area contributed by atoms with Crippen LogP contribution in [-0.4, -0.2) is 31.3 Å². The molecule has 2 aromatic rings. The Balaban J connectivity index is 1.62. The van der Waals surface area contributed by atoms with E-state index in [0.29, 0.717) is 40.1 Å². The Bertz CT molecular complexity index is 884. The van der Waals surface area contributed by atoms with Crippen LogP contribution in [0.25, 0.3) is 0 Å². The lowest BCUT2D eigenvalue weighted by atomic mass is 10.2. The van der Waals surface area contributed by atoms with E-state index < -0.39 is 0 Å². The summed E-state index contributed by atoms with van der Waals surface area (Å²) in [6.07, 6.45) is 0. The predicted octanol–water partition coefficient (Wildman–Crippen LogP) is 4.14. The van der Waals surface area contributed by atoms with Crippen LogP contribution in [0.3, 0.4) is 0 Å². The Morgan fingerprint density at radius 1 is 1.07 bits per heavy atom. The van der Waals surface area contributed by atoms with E-state index in [2.05, 4.69) is 10.6 Å².